The second-order valence-corrected chi connectivity index (χ2v) is 22.9. The van der Waals surface area contributed by atoms with Crippen molar-refractivity contribution in [2.75, 3.05) is 0 Å². The molecule has 0 atom stereocenters. The summed E-state index contributed by atoms with van der Waals surface area (Å²) < 4.78 is 3.72. The maximum Gasteiger partial charge on any atom is 0.264 e. The lowest BCUT2D eigenvalue weighted by Gasteiger charge is -2.16. The molecular formula is C84H52N4O2. The zero-order valence-electron chi connectivity index (χ0n) is 48.6. The second-order valence-electron chi connectivity index (χ2n) is 22.9. The van der Waals surface area contributed by atoms with Crippen LogP contribution in [0.25, 0.3) is 165 Å². The van der Waals surface area contributed by atoms with Crippen LogP contribution in [0, 0.1) is 0 Å². The predicted octanol–water partition coefficient (Wildman–Crippen LogP) is 20.5. The Hall–Kier alpha value is -12.1. The van der Waals surface area contributed by atoms with Crippen LogP contribution in [-0.4, -0.2) is 18.8 Å². The van der Waals surface area contributed by atoms with E-state index in [1.165, 1.54) is 0 Å². The van der Waals surface area contributed by atoms with Gasteiger partial charge in [-0.05, 0) is 108 Å². The first-order valence-electron chi connectivity index (χ1n) is 30.4. The van der Waals surface area contributed by atoms with Crippen LogP contribution in [0.2, 0.25) is 0 Å². The van der Waals surface area contributed by atoms with Crippen molar-refractivity contribution >= 4 is 76.5 Å². The van der Waals surface area contributed by atoms with Crippen LogP contribution < -0.4 is 11.1 Å². The number of pyridine rings is 2. The van der Waals surface area contributed by atoms with E-state index in [9.17, 15) is 9.59 Å². The summed E-state index contributed by atoms with van der Waals surface area (Å²) in [5.74, 6) is 0. The lowest BCUT2D eigenvalue weighted by molar-refractivity contribution is 1.19. The van der Waals surface area contributed by atoms with Crippen molar-refractivity contribution in [2.45, 2.75) is 0 Å². The number of rotatable bonds is 8. The molecule has 14 aromatic carbocycles. The van der Waals surface area contributed by atoms with Crippen molar-refractivity contribution in [3.05, 3.63) is 336 Å². The van der Waals surface area contributed by atoms with E-state index in [4.69, 9.17) is 9.97 Å². The monoisotopic (exact) mass is 1150 g/mol. The zero-order valence-corrected chi connectivity index (χ0v) is 48.6. The van der Waals surface area contributed by atoms with Gasteiger partial charge in [0.05, 0.1) is 22.1 Å². The van der Waals surface area contributed by atoms with E-state index in [1.807, 2.05) is 99.8 Å². The van der Waals surface area contributed by atoms with Gasteiger partial charge in [0.2, 0.25) is 0 Å². The molecule has 0 bridgehead atoms. The van der Waals surface area contributed by atoms with Crippen molar-refractivity contribution in [1.29, 1.82) is 0 Å². The topological polar surface area (TPSA) is 68.7 Å². The highest BCUT2D eigenvalue weighted by Crippen LogP contribution is 2.47. The van der Waals surface area contributed by atoms with Crippen LogP contribution in [0.1, 0.15) is 0 Å². The molecule has 6 heteroatoms. The Labute approximate surface area is 517 Å². The number of benzene rings is 14. The molecule has 6 nitrogen and oxygen atoms in total. The van der Waals surface area contributed by atoms with Crippen LogP contribution in [-0.2, 0) is 0 Å². The summed E-state index contributed by atoms with van der Waals surface area (Å²) in [6, 6.07) is 108. The van der Waals surface area contributed by atoms with E-state index < -0.39 is 0 Å². The average molecular weight is 1150 g/mol. The van der Waals surface area contributed by atoms with Gasteiger partial charge in [0.15, 0.2) is 0 Å². The third-order valence-corrected chi connectivity index (χ3v) is 17.9. The van der Waals surface area contributed by atoms with Gasteiger partial charge in [-0.2, -0.15) is 0 Å². The molecule has 420 valence electrons. The van der Waals surface area contributed by atoms with Gasteiger partial charge in [0, 0.05) is 54.6 Å². The Kier molecular flexibility index (Phi) is 12.4. The Morgan fingerprint density at radius 2 is 0.489 bits per heavy atom. The van der Waals surface area contributed by atoms with E-state index in [0.717, 1.165) is 143 Å². The summed E-state index contributed by atoms with van der Waals surface area (Å²) in [6.45, 7) is 0. The summed E-state index contributed by atoms with van der Waals surface area (Å²) in [5.41, 5.74) is 21.6. The highest BCUT2D eigenvalue weighted by Gasteiger charge is 2.27. The van der Waals surface area contributed by atoms with Crippen molar-refractivity contribution < 1.29 is 0 Å². The summed E-state index contributed by atoms with van der Waals surface area (Å²) in [6.07, 6.45) is 0. The summed E-state index contributed by atoms with van der Waals surface area (Å²) in [7, 11) is 0. The number of nitrogens with zero attached hydrogens (tertiary/aromatic N) is 4. The minimum absolute atomic E-state index is 0.0561. The lowest BCUT2D eigenvalue weighted by Crippen LogP contribution is -2.14. The third kappa shape index (κ3) is 8.34. The highest BCUT2D eigenvalue weighted by molar-refractivity contribution is 6.22. The van der Waals surface area contributed by atoms with Gasteiger partial charge in [-0.25, -0.2) is 9.97 Å². The number of fused-ring (bicyclic) bond motifs is 8. The van der Waals surface area contributed by atoms with Crippen molar-refractivity contribution in [1.82, 2.24) is 18.8 Å². The van der Waals surface area contributed by atoms with Gasteiger partial charge in [-0.3, -0.25) is 18.4 Å². The zero-order chi connectivity index (χ0) is 59.8. The maximum absolute atomic E-state index is 14.7. The van der Waals surface area contributed by atoms with Gasteiger partial charge < -0.3 is 0 Å². The van der Waals surface area contributed by atoms with Crippen LogP contribution in [0.3, 0.4) is 0 Å². The molecule has 0 amide bonds. The van der Waals surface area contributed by atoms with Gasteiger partial charge in [-0.15, -0.1) is 0 Å². The number of imidazole rings is 2. The average Bonchev–Trinajstić information content (AvgIpc) is 1.45. The number of hydrogen-bond donors (Lipinski definition) is 0. The van der Waals surface area contributed by atoms with Gasteiger partial charge in [-0.1, -0.05) is 285 Å². The van der Waals surface area contributed by atoms with Crippen LogP contribution >= 0.6 is 0 Å². The van der Waals surface area contributed by atoms with E-state index in [1.54, 1.807) is 0 Å². The first-order chi connectivity index (χ1) is 44.6. The smallest absolute Gasteiger partial charge is 0.264 e. The Bertz CT molecular complexity index is 5570. The maximum atomic E-state index is 14.7. The summed E-state index contributed by atoms with van der Waals surface area (Å²) in [4.78, 5) is 40.3. The highest BCUT2D eigenvalue weighted by atomic mass is 16.1. The summed E-state index contributed by atoms with van der Waals surface area (Å²) >= 11 is 0. The van der Waals surface area contributed by atoms with Crippen molar-refractivity contribution in [2.24, 2.45) is 0 Å². The second kappa shape index (κ2) is 21.4. The molecule has 18 aromatic rings. The molecule has 0 fully saturated rings. The molecule has 0 saturated heterocycles. The molecule has 4 heterocycles. The molecule has 4 aromatic heterocycles. The molecule has 0 radical (unpaired) electrons. The van der Waals surface area contributed by atoms with E-state index in [-0.39, 0.29) is 11.1 Å². The number of hydrogen-bond acceptors (Lipinski definition) is 4. The van der Waals surface area contributed by atoms with Gasteiger partial charge in [0.1, 0.15) is 11.3 Å². The van der Waals surface area contributed by atoms with Crippen LogP contribution in [0.4, 0.5) is 0 Å². The molecule has 18 rings (SSSR count). The molecule has 0 aliphatic rings. The third-order valence-electron chi connectivity index (χ3n) is 17.9. The molecule has 0 N–H and O–H groups in total. The van der Waals surface area contributed by atoms with Gasteiger partial charge in [0.25, 0.3) is 11.1 Å². The SMILES string of the molecule is O=c1c2ccc(-c3ccccc3)c3cccc(c32)c2nc3c(-c4ccccc4)c(-c4ccccc4)cc(-c4ccccc4)c3n12.O=c1c2cccc3c(-c4ccccc4)ccc(c32)c2nc3c(-c4ccccc4)c(-c4ccccc4)cc(-c4ccccc4)c3n12. The first-order valence-corrected chi connectivity index (χ1v) is 30.4. The standard InChI is InChI=1S/2C42H26N2O/c45-42-34-23-13-22-32-31(27-14-5-1-6-15-27)24-25-33(38(32)34)41-43-39-37(30-20-11-4-12-21-30)35(28-16-7-2-8-17-28)26-36(40(39)44(41)42)29-18-9-3-10-19-29;45-42-34-25-24-31(27-14-5-1-6-15-27)32-22-13-23-33(38(32)34)41-43-39-37(30-20-11-4-12-21-30)35(28-16-7-2-8-17-28)26-36(40(39)44(41)42)29-18-9-3-10-19-29/h2*1-26H. The lowest BCUT2D eigenvalue weighted by atomic mass is 9.89. The van der Waals surface area contributed by atoms with Crippen LogP contribution in [0.15, 0.2) is 325 Å². The Balaban J connectivity index is 0.000000139. The minimum Gasteiger partial charge on any atom is -0.268 e. The van der Waals surface area contributed by atoms with Crippen molar-refractivity contribution in [3.8, 4) is 89.0 Å². The first kappa shape index (κ1) is 52.2. The molecule has 0 aliphatic heterocycles. The normalized spacial score (nSPS) is 11.6. The molecule has 0 spiro atoms. The quantitative estimate of drug-likeness (QED) is 0.152. The van der Waals surface area contributed by atoms with Crippen molar-refractivity contribution in [3.63, 3.8) is 0 Å². The fraction of sp³-hybridized carbons (Fsp3) is 0. The minimum atomic E-state index is -0.0561. The molecule has 0 unspecified atom stereocenters. The van der Waals surface area contributed by atoms with Crippen LogP contribution in [0.5, 0.6) is 0 Å². The number of aromatic nitrogens is 4. The molecule has 90 heavy (non-hydrogen) atoms. The summed E-state index contributed by atoms with van der Waals surface area (Å²) in [5, 5.41) is 7.35. The fourth-order valence-electron chi connectivity index (χ4n) is 14.0. The van der Waals surface area contributed by atoms with Gasteiger partial charge >= 0.3 is 0 Å². The van der Waals surface area contributed by atoms with E-state index >= 15 is 0 Å². The van der Waals surface area contributed by atoms with E-state index in [0.29, 0.717) is 22.1 Å². The molecule has 0 saturated carbocycles. The van der Waals surface area contributed by atoms with E-state index in [2.05, 4.69) is 224 Å². The molecule has 0 aliphatic carbocycles. The molecular weight excluding hydrogens is 1100 g/mol. The largest absolute Gasteiger partial charge is 0.268 e. The predicted molar refractivity (Wildman–Crippen MR) is 374 cm³/mol. The Morgan fingerprint density at radius 1 is 0.222 bits per heavy atom. The Morgan fingerprint density at radius 3 is 0.844 bits per heavy atom. The fourth-order valence-corrected chi connectivity index (χ4v) is 14.0.